The standard InChI is InChI=1S/C11H10N3O2/c12-9-6-10(15)13-11(16)14(9)7-8-4-2-1-3-5-8/h1-6H,7,12H2. The highest BCUT2D eigenvalue weighted by molar-refractivity contribution is 6.03. The number of carbonyl (C=O) groups is 2. The molecular weight excluding hydrogens is 206 g/mol. The maximum atomic E-state index is 11.4. The van der Waals surface area contributed by atoms with Crippen LogP contribution >= 0.6 is 0 Å². The predicted molar refractivity (Wildman–Crippen MR) is 56.8 cm³/mol. The Hall–Kier alpha value is -2.30. The Labute approximate surface area is 92.5 Å². The average Bonchev–Trinajstić information content (AvgIpc) is 2.25. The molecule has 0 saturated carbocycles. The van der Waals surface area contributed by atoms with Crippen LogP contribution in [-0.4, -0.2) is 16.8 Å². The Morgan fingerprint density at radius 3 is 2.50 bits per heavy atom. The van der Waals surface area contributed by atoms with E-state index in [1.165, 1.54) is 4.90 Å². The van der Waals surface area contributed by atoms with Crippen molar-refractivity contribution in [2.45, 2.75) is 6.54 Å². The summed E-state index contributed by atoms with van der Waals surface area (Å²) in [5.74, 6) is -0.472. The van der Waals surface area contributed by atoms with Crippen molar-refractivity contribution in [2.24, 2.45) is 5.73 Å². The molecule has 5 nitrogen and oxygen atoms in total. The van der Waals surface area contributed by atoms with Gasteiger partial charge >= 0.3 is 6.03 Å². The largest absolute Gasteiger partial charge is 0.385 e. The third-order valence-corrected chi connectivity index (χ3v) is 2.20. The highest BCUT2D eigenvalue weighted by atomic mass is 16.2. The normalized spacial score (nSPS) is 15.8. The zero-order valence-electron chi connectivity index (χ0n) is 8.46. The lowest BCUT2D eigenvalue weighted by molar-refractivity contribution is -0.116. The topological polar surface area (TPSA) is 77.5 Å². The summed E-state index contributed by atoms with van der Waals surface area (Å²) in [6.07, 6.45) is 1.14. The molecule has 1 aromatic rings. The molecule has 0 unspecified atom stereocenters. The van der Waals surface area contributed by atoms with E-state index in [2.05, 4.69) is 5.32 Å². The second-order valence-electron chi connectivity index (χ2n) is 3.37. The van der Waals surface area contributed by atoms with Gasteiger partial charge in [0.2, 0.25) is 0 Å². The Kier molecular flexibility index (Phi) is 2.59. The summed E-state index contributed by atoms with van der Waals surface area (Å²) in [7, 11) is 0. The number of hydrogen-bond donors (Lipinski definition) is 1. The SMILES string of the molecule is NC1=CC(=O)[N]C(=O)N1Cc1ccccc1. The van der Waals surface area contributed by atoms with Crippen LogP contribution in [0.4, 0.5) is 4.79 Å². The van der Waals surface area contributed by atoms with Crippen LogP contribution < -0.4 is 11.1 Å². The van der Waals surface area contributed by atoms with E-state index in [1.807, 2.05) is 30.3 Å². The molecular formula is C11H10N3O2. The number of hydrogen-bond acceptors (Lipinski definition) is 3. The molecule has 0 aromatic heterocycles. The van der Waals surface area contributed by atoms with E-state index in [9.17, 15) is 9.59 Å². The van der Waals surface area contributed by atoms with E-state index in [1.54, 1.807) is 0 Å². The molecule has 81 valence electrons. The molecule has 1 aliphatic heterocycles. The Morgan fingerprint density at radius 1 is 1.19 bits per heavy atom. The van der Waals surface area contributed by atoms with Gasteiger partial charge in [0.1, 0.15) is 5.82 Å². The van der Waals surface area contributed by atoms with E-state index in [-0.39, 0.29) is 5.82 Å². The molecule has 5 heteroatoms. The van der Waals surface area contributed by atoms with Crippen LogP contribution in [-0.2, 0) is 11.3 Å². The second kappa shape index (κ2) is 4.06. The van der Waals surface area contributed by atoms with Crippen LogP contribution in [0.1, 0.15) is 5.56 Å². The number of nitrogens with two attached hydrogens (primary N) is 1. The summed E-state index contributed by atoms with van der Waals surface area (Å²) in [6.45, 7) is 0.318. The average molecular weight is 216 g/mol. The first kappa shape index (κ1) is 10.2. The number of nitrogens with zero attached hydrogens (tertiary/aromatic N) is 2. The molecule has 0 saturated heterocycles. The maximum absolute atomic E-state index is 11.4. The van der Waals surface area contributed by atoms with Crippen molar-refractivity contribution in [3.63, 3.8) is 0 Å². The fraction of sp³-hybridized carbons (Fsp3) is 0.0909. The van der Waals surface area contributed by atoms with Crippen LogP contribution in [0.5, 0.6) is 0 Å². The molecule has 1 aliphatic rings. The summed E-state index contributed by atoms with van der Waals surface area (Å²) in [5, 5.41) is 3.30. The summed E-state index contributed by atoms with van der Waals surface area (Å²) in [6, 6.07) is 8.74. The highest BCUT2D eigenvalue weighted by Crippen LogP contribution is 2.11. The Morgan fingerprint density at radius 2 is 1.88 bits per heavy atom. The van der Waals surface area contributed by atoms with Crippen molar-refractivity contribution >= 4 is 11.9 Å². The van der Waals surface area contributed by atoms with Crippen molar-refractivity contribution in [3.05, 3.63) is 47.8 Å². The van der Waals surface area contributed by atoms with Gasteiger partial charge in [-0.15, -0.1) is 0 Å². The van der Waals surface area contributed by atoms with E-state index >= 15 is 0 Å². The lowest BCUT2D eigenvalue weighted by Gasteiger charge is -2.24. The fourth-order valence-electron chi connectivity index (χ4n) is 1.43. The number of imide groups is 1. The smallest absolute Gasteiger partial charge is 0.352 e. The number of benzene rings is 1. The van der Waals surface area contributed by atoms with E-state index in [4.69, 9.17) is 5.73 Å². The van der Waals surface area contributed by atoms with Crippen LogP contribution in [0.3, 0.4) is 0 Å². The van der Waals surface area contributed by atoms with Crippen LogP contribution in [0.25, 0.3) is 0 Å². The van der Waals surface area contributed by atoms with Gasteiger partial charge in [0, 0.05) is 6.08 Å². The molecule has 1 radical (unpaired) electrons. The minimum Gasteiger partial charge on any atom is -0.385 e. The van der Waals surface area contributed by atoms with Crippen molar-refractivity contribution in [2.75, 3.05) is 0 Å². The molecule has 0 bridgehead atoms. The molecule has 2 N–H and O–H groups in total. The molecule has 3 amide bonds. The first-order valence-corrected chi connectivity index (χ1v) is 4.75. The number of rotatable bonds is 2. The predicted octanol–water partition coefficient (Wildman–Crippen LogP) is 0.553. The fourth-order valence-corrected chi connectivity index (χ4v) is 1.43. The molecule has 2 rings (SSSR count). The molecule has 0 fully saturated rings. The number of carbonyl (C=O) groups excluding carboxylic acids is 2. The minimum atomic E-state index is -0.617. The first-order valence-electron chi connectivity index (χ1n) is 4.75. The molecule has 16 heavy (non-hydrogen) atoms. The summed E-state index contributed by atoms with van der Waals surface area (Å²) < 4.78 is 0. The monoisotopic (exact) mass is 216 g/mol. The lowest BCUT2D eigenvalue weighted by atomic mass is 10.2. The van der Waals surface area contributed by atoms with Crippen molar-refractivity contribution < 1.29 is 9.59 Å². The summed E-state index contributed by atoms with van der Waals surface area (Å²) in [4.78, 5) is 23.6. The van der Waals surface area contributed by atoms with Crippen molar-refractivity contribution in [1.82, 2.24) is 10.2 Å². The molecule has 0 atom stereocenters. The van der Waals surface area contributed by atoms with Gasteiger partial charge in [-0.25, -0.2) is 4.79 Å². The van der Waals surface area contributed by atoms with Crippen molar-refractivity contribution in [3.8, 4) is 0 Å². The summed E-state index contributed by atoms with van der Waals surface area (Å²) in [5.41, 5.74) is 6.52. The first-order chi connectivity index (χ1) is 7.66. The molecule has 1 aromatic carbocycles. The molecule has 0 spiro atoms. The number of urea groups is 1. The van der Waals surface area contributed by atoms with E-state index < -0.39 is 11.9 Å². The second-order valence-corrected chi connectivity index (χ2v) is 3.37. The number of amides is 3. The summed E-state index contributed by atoms with van der Waals surface area (Å²) >= 11 is 0. The zero-order chi connectivity index (χ0) is 11.5. The van der Waals surface area contributed by atoms with Crippen LogP contribution in [0, 0.1) is 0 Å². The third kappa shape index (κ3) is 2.03. The van der Waals surface area contributed by atoms with Crippen LogP contribution in [0.15, 0.2) is 42.2 Å². The van der Waals surface area contributed by atoms with E-state index in [0.717, 1.165) is 11.6 Å². The zero-order valence-corrected chi connectivity index (χ0v) is 8.46. The van der Waals surface area contributed by atoms with Gasteiger partial charge in [-0.05, 0) is 5.56 Å². The highest BCUT2D eigenvalue weighted by Gasteiger charge is 2.25. The van der Waals surface area contributed by atoms with E-state index in [0.29, 0.717) is 6.54 Å². The van der Waals surface area contributed by atoms with Gasteiger partial charge in [-0.1, -0.05) is 30.3 Å². The van der Waals surface area contributed by atoms with Crippen molar-refractivity contribution in [1.29, 1.82) is 0 Å². The van der Waals surface area contributed by atoms with Gasteiger partial charge in [-0.3, -0.25) is 9.69 Å². The minimum absolute atomic E-state index is 0.133. The molecule has 0 aliphatic carbocycles. The van der Waals surface area contributed by atoms with Gasteiger partial charge in [0.05, 0.1) is 6.54 Å². The van der Waals surface area contributed by atoms with Gasteiger partial charge in [0.25, 0.3) is 5.91 Å². The van der Waals surface area contributed by atoms with Gasteiger partial charge < -0.3 is 5.73 Å². The lowest BCUT2D eigenvalue weighted by Crippen LogP contribution is -2.43. The quantitative estimate of drug-likeness (QED) is 0.784. The third-order valence-electron chi connectivity index (χ3n) is 2.20. The van der Waals surface area contributed by atoms with Crippen LogP contribution in [0.2, 0.25) is 0 Å². The van der Waals surface area contributed by atoms with Gasteiger partial charge in [0.15, 0.2) is 0 Å². The Balaban J connectivity index is 2.19. The van der Waals surface area contributed by atoms with Gasteiger partial charge in [-0.2, -0.15) is 5.32 Å². The Bertz CT molecular complexity index is 454. The molecule has 1 heterocycles. The maximum Gasteiger partial charge on any atom is 0.352 e.